The van der Waals surface area contributed by atoms with Crippen LogP contribution in [-0.4, -0.2) is 79.7 Å². The van der Waals surface area contributed by atoms with Crippen molar-refractivity contribution >= 4 is 28.9 Å². The van der Waals surface area contributed by atoms with Crippen LogP contribution < -0.4 is 5.32 Å². The summed E-state index contributed by atoms with van der Waals surface area (Å²) in [4.78, 5) is 58.2. The molecule has 4 heterocycles. The fourth-order valence-electron chi connectivity index (χ4n) is 7.60. The number of benzene rings is 3. The number of aromatic nitrogens is 4. The maximum absolute atomic E-state index is 13.7. The van der Waals surface area contributed by atoms with Gasteiger partial charge in [0, 0.05) is 18.7 Å². The van der Waals surface area contributed by atoms with Crippen molar-refractivity contribution in [2.45, 2.75) is 71.2 Å². The van der Waals surface area contributed by atoms with Gasteiger partial charge in [-0.05, 0) is 79.1 Å². The molecule has 3 aromatic carbocycles. The lowest BCUT2D eigenvalue weighted by atomic mass is 9.98. The van der Waals surface area contributed by atoms with E-state index in [0.29, 0.717) is 37.6 Å². The summed E-state index contributed by atoms with van der Waals surface area (Å²) in [7, 11) is 1.28. The Labute approximate surface area is 332 Å². The first-order valence-corrected chi connectivity index (χ1v) is 19.2. The second-order valence-electron chi connectivity index (χ2n) is 16.2. The zero-order valence-corrected chi connectivity index (χ0v) is 33.1. The molecule has 2 aromatic heterocycles. The molecular weight excluding hydrogens is 721 g/mol. The van der Waals surface area contributed by atoms with Crippen LogP contribution in [0.5, 0.6) is 0 Å². The molecule has 294 valence electrons. The third kappa shape index (κ3) is 8.26. The summed E-state index contributed by atoms with van der Waals surface area (Å²) in [6, 6.07) is 21.7. The highest BCUT2D eigenvalue weighted by Gasteiger charge is 2.41. The number of fused-ring (bicyclic) bond motifs is 1. The Bertz CT molecular complexity index is 2370. The summed E-state index contributed by atoms with van der Waals surface area (Å²) in [6.07, 6.45) is 3.52. The molecule has 4 atom stereocenters. The van der Waals surface area contributed by atoms with Gasteiger partial charge < -0.3 is 29.7 Å². The highest BCUT2D eigenvalue weighted by Crippen LogP contribution is 2.38. The van der Waals surface area contributed by atoms with E-state index in [9.17, 15) is 19.6 Å². The fraction of sp³-hybridized carbons (Fsp3) is 0.364. The molecule has 13 heteroatoms. The van der Waals surface area contributed by atoms with Crippen molar-refractivity contribution in [3.8, 4) is 39.7 Å². The number of ether oxygens (including phenoxy) is 2. The van der Waals surface area contributed by atoms with E-state index in [1.807, 2.05) is 46.8 Å². The Hall–Kier alpha value is -6.42. The summed E-state index contributed by atoms with van der Waals surface area (Å²) in [5, 5.41) is 14.4. The highest BCUT2D eigenvalue weighted by atomic mass is 16.6. The molecule has 0 saturated carbocycles. The molecule has 0 aliphatic carbocycles. The molecule has 13 nitrogen and oxygen atoms in total. The molecule has 3 amide bonds. The zero-order valence-electron chi connectivity index (χ0n) is 33.1. The molecule has 57 heavy (non-hydrogen) atoms. The summed E-state index contributed by atoms with van der Waals surface area (Å²) < 4.78 is 10.4. The molecule has 0 spiro atoms. The van der Waals surface area contributed by atoms with Crippen molar-refractivity contribution in [2.75, 3.05) is 20.2 Å². The lowest BCUT2D eigenvalue weighted by molar-refractivity contribution is -0.135. The van der Waals surface area contributed by atoms with Crippen molar-refractivity contribution < 1.29 is 23.9 Å². The highest BCUT2D eigenvalue weighted by molar-refractivity contribution is 5.91. The number of hydrogen-bond donors (Lipinski definition) is 3. The normalized spacial score (nSPS) is 18.8. The number of carbonyl (C=O) groups excluding carboxylic acids is 3. The second-order valence-corrected chi connectivity index (χ2v) is 16.2. The second kappa shape index (κ2) is 15.6. The standard InChI is InChI=1S/C44H48N8O5/c1-25(2)38(50-42(54)56-7)41(53)51-23-26(3)16-36(51)39-47-22-35(49-39)33-15-14-31-18-30(12-13-32(31)19-33)28-8-10-29(11-9-28)34-21-46-40(48-34)37-17-27(20-45)24-52(37)43(55)57-44(4,5)6/h8-15,18-19,21-22,25,27,36-38H,3,16-17,23-24H2,1-2,4-7H3,(H,46,48)(H,47,49)(H,50,54)/t27-,36+,37+,38+/m1/s1. The molecule has 3 N–H and O–H groups in total. The minimum Gasteiger partial charge on any atom is -0.453 e. The fourth-order valence-corrected chi connectivity index (χ4v) is 7.60. The quantitative estimate of drug-likeness (QED) is 0.132. The smallest absolute Gasteiger partial charge is 0.410 e. The van der Waals surface area contributed by atoms with E-state index >= 15 is 0 Å². The van der Waals surface area contributed by atoms with Crippen molar-refractivity contribution in [1.82, 2.24) is 35.1 Å². The van der Waals surface area contributed by atoms with Crippen LogP contribution in [-0.2, 0) is 14.3 Å². The first kappa shape index (κ1) is 38.8. The summed E-state index contributed by atoms with van der Waals surface area (Å²) in [6.45, 7) is 14.1. The number of nitrogens with zero attached hydrogens (tertiary/aromatic N) is 5. The number of hydrogen-bond acceptors (Lipinski definition) is 8. The van der Waals surface area contributed by atoms with Crippen molar-refractivity contribution in [3.05, 3.63) is 96.9 Å². The molecule has 2 aliphatic heterocycles. The van der Waals surface area contributed by atoms with Gasteiger partial charge in [0.05, 0.1) is 55.0 Å². The monoisotopic (exact) mass is 768 g/mol. The van der Waals surface area contributed by atoms with Crippen LogP contribution in [0.15, 0.2) is 85.2 Å². The van der Waals surface area contributed by atoms with Gasteiger partial charge >= 0.3 is 12.2 Å². The molecule has 7 rings (SSSR count). The van der Waals surface area contributed by atoms with Crippen LogP contribution in [0.4, 0.5) is 9.59 Å². The van der Waals surface area contributed by atoms with E-state index in [1.165, 1.54) is 7.11 Å². The number of amides is 3. The molecule has 0 radical (unpaired) electrons. The number of H-pyrrole nitrogens is 2. The summed E-state index contributed by atoms with van der Waals surface area (Å²) >= 11 is 0. The molecule has 5 aromatic rings. The average molecular weight is 769 g/mol. The molecular formula is C44H48N8O5. The number of rotatable bonds is 8. The van der Waals surface area contributed by atoms with E-state index in [0.717, 1.165) is 50.0 Å². The maximum Gasteiger partial charge on any atom is 0.410 e. The Morgan fingerprint density at radius 1 is 0.877 bits per heavy atom. The Morgan fingerprint density at radius 3 is 2.07 bits per heavy atom. The van der Waals surface area contributed by atoms with E-state index in [1.54, 1.807) is 22.2 Å². The molecule has 0 unspecified atom stereocenters. The van der Waals surface area contributed by atoms with E-state index in [-0.39, 0.29) is 29.8 Å². The zero-order chi connectivity index (χ0) is 40.6. The van der Waals surface area contributed by atoms with Gasteiger partial charge in [0.15, 0.2) is 0 Å². The van der Waals surface area contributed by atoms with Gasteiger partial charge in [-0.25, -0.2) is 19.6 Å². The lowest BCUT2D eigenvalue weighted by Crippen LogP contribution is -2.51. The van der Waals surface area contributed by atoms with Gasteiger partial charge in [0.1, 0.15) is 23.3 Å². The predicted molar refractivity (Wildman–Crippen MR) is 216 cm³/mol. The van der Waals surface area contributed by atoms with Crippen LogP contribution in [0.1, 0.15) is 71.2 Å². The number of aromatic amines is 2. The van der Waals surface area contributed by atoms with Crippen LogP contribution >= 0.6 is 0 Å². The van der Waals surface area contributed by atoms with Crippen molar-refractivity contribution in [1.29, 1.82) is 5.26 Å². The topological polar surface area (TPSA) is 169 Å². The first-order chi connectivity index (χ1) is 27.2. The van der Waals surface area contributed by atoms with Crippen LogP contribution in [0.25, 0.3) is 44.4 Å². The molecule has 2 saturated heterocycles. The number of likely N-dealkylation sites (tertiary alicyclic amines) is 2. The minimum atomic E-state index is -0.741. The predicted octanol–water partition coefficient (Wildman–Crippen LogP) is 8.32. The Kier molecular flexibility index (Phi) is 10.6. The summed E-state index contributed by atoms with van der Waals surface area (Å²) in [5.74, 6) is 0.653. The van der Waals surface area contributed by atoms with Gasteiger partial charge in [-0.3, -0.25) is 9.69 Å². The lowest BCUT2D eigenvalue weighted by Gasteiger charge is -2.29. The van der Waals surface area contributed by atoms with Gasteiger partial charge in [-0.1, -0.05) is 74.5 Å². The SMILES string of the molecule is C=C1C[C@@H](c2ncc(-c3ccc4cc(-c5ccc(-c6cnc([C@@H]7C[C@H](C#N)CN7C(=O)OC(C)(C)C)[nH]6)cc5)ccc4c3)[nH]2)N(C(=O)[C@@H](NC(=O)OC)C(C)C)C1. The van der Waals surface area contributed by atoms with Crippen molar-refractivity contribution in [2.24, 2.45) is 11.8 Å². The average Bonchev–Trinajstić information content (AvgIpc) is 4.01. The third-order valence-corrected chi connectivity index (χ3v) is 10.5. The van der Waals surface area contributed by atoms with Crippen LogP contribution in [0, 0.1) is 23.2 Å². The van der Waals surface area contributed by atoms with E-state index in [4.69, 9.17) is 14.5 Å². The van der Waals surface area contributed by atoms with Gasteiger partial charge in [0.25, 0.3) is 0 Å². The maximum atomic E-state index is 13.7. The third-order valence-electron chi connectivity index (χ3n) is 10.5. The number of nitrogens with one attached hydrogen (secondary N) is 3. The van der Waals surface area contributed by atoms with E-state index in [2.05, 4.69) is 81.4 Å². The Morgan fingerprint density at radius 2 is 1.46 bits per heavy atom. The molecule has 0 bridgehead atoms. The summed E-state index contributed by atoms with van der Waals surface area (Å²) in [5.41, 5.74) is 5.98. The van der Waals surface area contributed by atoms with Crippen LogP contribution in [0.2, 0.25) is 0 Å². The van der Waals surface area contributed by atoms with Gasteiger partial charge in [0.2, 0.25) is 5.91 Å². The Balaban J connectivity index is 1.05. The van der Waals surface area contributed by atoms with Gasteiger partial charge in [-0.2, -0.15) is 5.26 Å². The number of alkyl carbamates (subject to hydrolysis) is 1. The van der Waals surface area contributed by atoms with Crippen molar-refractivity contribution in [3.63, 3.8) is 0 Å². The van der Waals surface area contributed by atoms with Gasteiger partial charge in [-0.15, -0.1) is 0 Å². The number of nitriles is 1. The number of carbonyl (C=O) groups is 3. The minimum absolute atomic E-state index is 0.143. The van der Waals surface area contributed by atoms with E-state index < -0.39 is 23.8 Å². The number of imidazole rings is 2. The molecule has 2 fully saturated rings. The first-order valence-electron chi connectivity index (χ1n) is 19.2. The van der Waals surface area contributed by atoms with Crippen LogP contribution in [0.3, 0.4) is 0 Å². The molecule has 2 aliphatic rings. The number of methoxy groups -OCH3 is 1. The largest absolute Gasteiger partial charge is 0.453 e.